The van der Waals surface area contributed by atoms with Gasteiger partial charge in [-0.15, -0.1) is 0 Å². The first-order chi connectivity index (χ1) is 7.41. The number of aliphatic carboxylic acids is 2. The maximum absolute atomic E-state index is 10.8. The number of carbonyl (C=O) groups is 2. The monoisotopic (exact) mass is 223 g/mol. The van der Waals surface area contributed by atoms with Crippen molar-refractivity contribution in [2.24, 2.45) is 0 Å². The fourth-order valence-corrected chi connectivity index (χ4v) is 1.42. The summed E-state index contributed by atoms with van der Waals surface area (Å²) in [6.07, 6.45) is -0.139. The molecular formula is C11H13NO4. The smallest absolute Gasteiger partial charge is 0.310 e. The molecule has 0 bridgehead atoms. The van der Waals surface area contributed by atoms with Crippen LogP contribution in [0.3, 0.4) is 0 Å². The number of nitrogen functional groups attached to an aromatic ring is 1. The molecule has 0 aromatic heterocycles. The largest absolute Gasteiger partial charge is 0.481 e. The van der Waals surface area contributed by atoms with Crippen LogP contribution >= 0.6 is 0 Å². The van der Waals surface area contributed by atoms with Gasteiger partial charge >= 0.3 is 11.9 Å². The van der Waals surface area contributed by atoms with Crippen LogP contribution in [-0.4, -0.2) is 22.2 Å². The fraction of sp³-hybridized carbons (Fsp3) is 0.273. The molecule has 1 rings (SSSR count). The van der Waals surface area contributed by atoms with Crippen LogP contribution in [0.1, 0.15) is 24.0 Å². The van der Waals surface area contributed by atoms with Crippen molar-refractivity contribution in [3.8, 4) is 0 Å². The van der Waals surface area contributed by atoms with Crippen molar-refractivity contribution in [2.75, 3.05) is 5.73 Å². The van der Waals surface area contributed by atoms with Crippen LogP contribution in [0.4, 0.5) is 5.69 Å². The van der Waals surface area contributed by atoms with Crippen LogP contribution in [0.15, 0.2) is 18.2 Å². The van der Waals surface area contributed by atoms with Crippen LogP contribution in [0.25, 0.3) is 0 Å². The van der Waals surface area contributed by atoms with E-state index in [2.05, 4.69) is 0 Å². The zero-order chi connectivity index (χ0) is 12.3. The lowest BCUT2D eigenvalue weighted by Crippen LogP contribution is -2.11. The SMILES string of the molecule is CC(C(=O)O)c1cc(CC(=O)O)ccc1N. The van der Waals surface area contributed by atoms with Crippen molar-refractivity contribution in [2.45, 2.75) is 19.3 Å². The zero-order valence-electron chi connectivity index (χ0n) is 8.80. The number of rotatable bonds is 4. The molecule has 0 radical (unpaired) electrons. The van der Waals surface area contributed by atoms with E-state index in [1.807, 2.05) is 0 Å². The van der Waals surface area contributed by atoms with Gasteiger partial charge in [0.25, 0.3) is 0 Å². The number of benzene rings is 1. The Morgan fingerprint density at radius 3 is 2.50 bits per heavy atom. The number of nitrogens with two attached hydrogens (primary N) is 1. The molecule has 0 heterocycles. The molecule has 0 aliphatic carbocycles. The standard InChI is InChI=1S/C11H13NO4/c1-6(11(15)16)8-4-7(5-10(13)14)2-3-9(8)12/h2-4,6H,5,12H2,1H3,(H,13,14)(H,15,16). The minimum Gasteiger partial charge on any atom is -0.481 e. The molecule has 0 aliphatic rings. The van der Waals surface area contributed by atoms with Gasteiger partial charge in [-0.25, -0.2) is 0 Å². The maximum Gasteiger partial charge on any atom is 0.310 e. The molecule has 86 valence electrons. The van der Waals surface area contributed by atoms with E-state index < -0.39 is 17.9 Å². The first kappa shape index (κ1) is 12.0. The minimum absolute atomic E-state index is 0.139. The van der Waals surface area contributed by atoms with E-state index in [4.69, 9.17) is 15.9 Å². The van der Waals surface area contributed by atoms with Gasteiger partial charge in [-0.05, 0) is 24.1 Å². The van der Waals surface area contributed by atoms with E-state index in [9.17, 15) is 9.59 Å². The third-order valence-corrected chi connectivity index (χ3v) is 2.34. The summed E-state index contributed by atoms with van der Waals surface area (Å²) in [5.41, 5.74) is 7.01. The molecule has 1 aromatic carbocycles. The molecule has 0 saturated heterocycles. The zero-order valence-corrected chi connectivity index (χ0v) is 8.80. The highest BCUT2D eigenvalue weighted by Gasteiger charge is 2.17. The molecule has 0 fully saturated rings. The van der Waals surface area contributed by atoms with Crippen molar-refractivity contribution in [3.05, 3.63) is 29.3 Å². The average Bonchev–Trinajstić information content (AvgIpc) is 2.19. The van der Waals surface area contributed by atoms with Gasteiger partial charge in [-0.2, -0.15) is 0 Å². The third kappa shape index (κ3) is 2.73. The summed E-state index contributed by atoms with van der Waals surface area (Å²) < 4.78 is 0. The number of hydrogen-bond donors (Lipinski definition) is 3. The predicted octanol–water partition coefficient (Wildman–Crippen LogP) is 1.08. The van der Waals surface area contributed by atoms with E-state index in [1.54, 1.807) is 6.07 Å². The van der Waals surface area contributed by atoms with Crippen LogP contribution < -0.4 is 5.73 Å². The van der Waals surface area contributed by atoms with Gasteiger partial charge in [0, 0.05) is 5.69 Å². The van der Waals surface area contributed by atoms with Crippen LogP contribution in [-0.2, 0) is 16.0 Å². The lowest BCUT2D eigenvalue weighted by atomic mass is 9.96. The number of carboxylic acid groups (broad SMARTS) is 2. The van der Waals surface area contributed by atoms with Crippen molar-refractivity contribution in [1.82, 2.24) is 0 Å². The Kier molecular flexibility index (Phi) is 3.50. The molecule has 5 nitrogen and oxygen atoms in total. The number of carboxylic acids is 2. The highest BCUT2D eigenvalue weighted by Crippen LogP contribution is 2.23. The molecule has 0 aliphatic heterocycles. The number of hydrogen-bond acceptors (Lipinski definition) is 3. The molecule has 0 saturated carbocycles. The van der Waals surface area contributed by atoms with Gasteiger partial charge in [-0.1, -0.05) is 12.1 Å². The highest BCUT2D eigenvalue weighted by atomic mass is 16.4. The fourth-order valence-electron chi connectivity index (χ4n) is 1.42. The third-order valence-electron chi connectivity index (χ3n) is 2.34. The van der Waals surface area contributed by atoms with E-state index in [-0.39, 0.29) is 6.42 Å². The summed E-state index contributed by atoms with van der Waals surface area (Å²) in [6.45, 7) is 1.51. The van der Waals surface area contributed by atoms with E-state index in [1.165, 1.54) is 19.1 Å². The Morgan fingerprint density at radius 1 is 1.38 bits per heavy atom. The van der Waals surface area contributed by atoms with E-state index in [0.717, 1.165) is 0 Å². The molecule has 1 aromatic rings. The normalized spacial score (nSPS) is 12.1. The summed E-state index contributed by atoms with van der Waals surface area (Å²) in [7, 11) is 0. The van der Waals surface area contributed by atoms with Crippen molar-refractivity contribution in [3.63, 3.8) is 0 Å². The van der Waals surface area contributed by atoms with Crippen LogP contribution in [0.2, 0.25) is 0 Å². The summed E-state index contributed by atoms with van der Waals surface area (Å²) in [5, 5.41) is 17.5. The van der Waals surface area contributed by atoms with Gasteiger partial charge in [-0.3, -0.25) is 9.59 Å². The first-order valence-corrected chi connectivity index (χ1v) is 4.74. The highest BCUT2D eigenvalue weighted by molar-refractivity contribution is 5.78. The summed E-state index contributed by atoms with van der Waals surface area (Å²) in [4.78, 5) is 21.3. The summed E-state index contributed by atoms with van der Waals surface area (Å²) in [5.74, 6) is -2.69. The molecular weight excluding hydrogens is 210 g/mol. The Hall–Kier alpha value is -2.04. The van der Waals surface area contributed by atoms with Gasteiger partial charge in [0.05, 0.1) is 12.3 Å². The molecule has 0 amide bonds. The molecule has 5 heteroatoms. The van der Waals surface area contributed by atoms with Crippen molar-refractivity contribution < 1.29 is 19.8 Å². The van der Waals surface area contributed by atoms with Crippen LogP contribution in [0.5, 0.6) is 0 Å². The Bertz CT molecular complexity index is 428. The molecule has 1 unspecified atom stereocenters. The van der Waals surface area contributed by atoms with Gasteiger partial charge in [0.15, 0.2) is 0 Å². The second kappa shape index (κ2) is 4.65. The molecule has 0 spiro atoms. The molecule has 16 heavy (non-hydrogen) atoms. The predicted molar refractivity (Wildman–Crippen MR) is 58.2 cm³/mol. The van der Waals surface area contributed by atoms with Gasteiger partial charge in [0.1, 0.15) is 0 Å². The van der Waals surface area contributed by atoms with E-state index in [0.29, 0.717) is 16.8 Å². The second-order valence-corrected chi connectivity index (χ2v) is 3.59. The topological polar surface area (TPSA) is 101 Å². The van der Waals surface area contributed by atoms with Crippen molar-refractivity contribution in [1.29, 1.82) is 0 Å². The Morgan fingerprint density at radius 2 is 2.00 bits per heavy atom. The lowest BCUT2D eigenvalue weighted by Gasteiger charge is -2.11. The second-order valence-electron chi connectivity index (χ2n) is 3.59. The number of anilines is 1. The van der Waals surface area contributed by atoms with Crippen molar-refractivity contribution >= 4 is 17.6 Å². The first-order valence-electron chi connectivity index (χ1n) is 4.74. The Labute approximate surface area is 92.5 Å². The molecule has 4 N–H and O–H groups in total. The van der Waals surface area contributed by atoms with Gasteiger partial charge in [0.2, 0.25) is 0 Å². The van der Waals surface area contributed by atoms with Crippen LogP contribution in [0, 0.1) is 0 Å². The van der Waals surface area contributed by atoms with Gasteiger partial charge < -0.3 is 15.9 Å². The summed E-state index contributed by atoms with van der Waals surface area (Å²) in [6, 6.07) is 4.65. The molecule has 1 atom stereocenters. The minimum atomic E-state index is -0.987. The average molecular weight is 223 g/mol. The summed E-state index contributed by atoms with van der Waals surface area (Å²) >= 11 is 0. The van der Waals surface area contributed by atoms with E-state index >= 15 is 0 Å². The quantitative estimate of drug-likeness (QED) is 0.663. The Balaban J connectivity index is 3.08. The lowest BCUT2D eigenvalue weighted by molar-refractivity contribution is -0.138. The maximum atomic E-state index is 10.8.